The average Bonchev–Trinajstić information content (AvgIpc) is 1.41. The van der Waals surface area contributed by atoms with E-state index in [0.717, 1.165) is 0 Å². The van der Waals surface area contributed by atoms with Gasteiger partial charge in [0.2, 0.25) is 0 Å². The van der Waals surface area contributed by atoms with Crippen molar-refractivity contribution >= 4 is 16.7 Å². The summed E-state index contributed by atoms with van der Waals surface area (Å²) in [5.41, 5.74) is 0. The zero-order valence-corrected chi connectivity index (χ0v) is 4.63. The summed E-state index contributed by atoms with van der Waals surface area (Å²) < 4.78 is 0. The Morgan fingerprint density at radius 3 is 2.40 bits per heavy atom. The van der Waals surface area contributed by atoms with Crippen molar-refractivity contribution in [3.63, 3.8) is 0 Å². The van der Waals surface area contributed by atoms with Crippen molar-refractivity contribution < 1.29 is 0 Å². The van der Waals surface area contributed by atoms with Crippen LogP contribution in [-0.4, -0.2) is 11.6 Å². The molecule has 0 aliphatic rings. The SMILES string of the molecule is CCC=[SH]C. The summed E-state index contributed by atoms with van der Waals surface area (Å²) in [5, 5.41) is 2.22. The van der Waals surface area contributed by atoms with Gasteiger partial charge >= 0.3 is 0 Å². The van der Waals surface area contributed by atoms with Crippen LogP contribution in [0.25, 0.3) is 0 Å². The summed E-state index contributed by atoms with van der Waals surface area (Å²) in [6.07, 6.45) is 3.33. The van der Waals surface area contributed by atoms with Crippen LogP contribution >= 0.6 is 11.4 Å². The van der Waals surface area contributed by atoms with Gasteiger partial charge < -0.3 is 0 Å². The van der Waals surface area contributed by atoms with Crippen molar-refractivity contribution in [2.75, 3.05) is 6.26 Å². The van der Waals surface area contributed by atoms with Crippen molar-refractivity contribution in [3.8, 4) is 0 Å². The second-order valence-electron chi connectivity index (χ2n) is 0.849. The third kappa shape index (κ3) is 4.22. The van der Waals surface area contributed by atoms with E-state index in [1.165, 1.54) is 17.8 Å². The minimum absolute atomic E-state index is 1.21. The molecule has 1 heteroatoms. The molecule has 0 unspecified atom stereocenters. The highest BCUT2D eigenvalue weighted by atomic mass is 32.1. The Bertz CT molecular complexity index is 30.6. The summed E-state index contributed by atoms with van der Waals surface area (Å²) in [7, 11) is 0. The zero-order chi connectivity index (χ0) is 4.12. The van der Waals surface area contributed by atoms with E-state index in [9.17, 15) is 0 Å². The predicted molar refractivity (Wildman–Crippen MR) is 31.3 cm³/mol. The fraction of sp³-hybridized carbons (Fsp3) is 0.750. The number of hydrogen-bond donors (Lipinski definition) is 1. The molecule has 0 atom stereocenters. The van der Waals surface area contributed by atoms with Crippen molar-refractivity contribution in [2.24, 2.45) is 0 Å². The minimum atomic E-state index is 1.21. The van der Waals surface area contributed by atoms with Crippen LogP contribution in [0.3, 0.4) is 0 Å². The van der Waals surface area contributed by atoms with Crippen LogP contribution in [0.2, 0.25) is 0 Å². The lowest BCUT2D eigenvalue weighted by Gasteiger charge is -1.66. The Kier molecular flexibility index (Phi) is 4.41. The van der Waals surface area contributed by atoms with Crippen LogP contribution < -0.4 is 0 Å². The quantitative estimate of drug-likeness (QED) is 0.364. The van der Waals surface area contributed by atoms with Gasteiger partial charge in [0.1, 0.15) is 0 Å². The highest BCUT2D eigenvalue weighted by molar-refractivity contribution is 7.96. The van der Waals surface area contributed by atoms with Crippen LogP contribution in [0.1, 0.15) is 13.3 Å². The Balaban J connectivity index is 2.62. The molecular formula is C4H10S. The van der Waals surface area contributed by atoms with E-state index >= 15 is 0 Å². The van der Waals surface area contributed by atoms with Gasteiger partial charge in [-0.25, -0.2) is 11.4 Å². The Morgan fingerprint density at radius 1 is 1.80 bits per heavy atom. The zero-order valence-electron chi connectivity index (χ0n) is 3.73. The van der Waals surface area contributed by atoms with Gasteiger partial charge in [0.05, 0.1) is 0 Å². The topological polar surface area (TPSA) is 0 Å². The molecule has 0 N–H and O–H groups in total. The largest absolute Gasteiger partial charge is 0.208 e. The van der Waals surface area contributed by atoms with Crippen LogP contribution in [0.15, 0.2) is 0 Å². The van der Waals surface area contributed by atoms with Crippen molar-refractivity contribution in [1.82, 2.24) is 0 Å². The molecule has 0 nitrogen and oxygen atoms in total. The smallest absolute Gasteiger partial charge is 0.0265 e. The Morgan fingerprint density at radius 2 is 2.40 bits per heavy atom. The van der Waals surface area contributed by atoms with Crippen LogP contribution in [0.4, 0.5) is 0 Å². The first-order valence-corrected chi connectivity index (χ1v) is 3.23. The molecule has 0 aromatic rings. The van der Waals surface area contributed by atoms with Gasteiger partial charge in [-0.2, -0.15) is 0 Å². The Hall–Kier alpha value is 0.220. The molecule has 0 aliphatic heterocycles. The third-order valence-corrected chi connectivity index (χ3v) is 1.10. The van der Waals surface area contributed by atoms with Crippen molar-refractivity contribution in [2.45, 2.75) is 13.3 Å². The summed E-state index contributed by atoms with van der Waals surface area (Å²) >= 11 is 1.40. The predicted octanol–water partition coefficient (Wildman–Crippen LogP) is 1.29. The van der Waals surface area contributed by atoms with Crippen LogP contribution in [0.5, 0.6) is 0 Å². The van der Waals surface area contributed by atoms with E-state index in [4.69, 9.17) is 0 Å². The molecule has 0 bridgehead atoms. The lowest BCUT2D eigenvalue weighted by Crippen LogP contribution is -1.54. The molecule has 0 aliphatic carbocycles. The first-order valence-electron chi connectivity index (χ1n) is 1.82. The minimum Gasteiger partial charge on any atom is -0.208 e. The average molecular weight is 90.2 g/mol. The van der Waals surface area contributed by atoms with Crippen LogP contribution in [0, 0.1) is 0 Å². The summed E-state index contributed by atoms with van der Waals surface area (Å²) in [6.45, 7) is 2.15. The van der Waals surface area contributed by atoms with E-state index in [1.54, 1.807) is 0 Å². The first kappa shape index (κ1) is 5.22. The van der Waals surface area contributed by atoms with Gasteiger partial charge in [0.25, 0.3) is 0 Å². The summed E-state index contributed by atoms with van der Waals surface area (Å²) in [5.74, 6) is 0. The van der Waals surface area contributed by atoms with Crippen LogP contribution in [-0.2, 0) is 0 Å². The maximum Gasteiger partial charge on any atom is -0.0265 e. The molecule has 0 spiro atoms. The molecule has 0 saturated heterocycles. The van der Waals surface area contributed by atoms with E-state index in [-0.39, 0.29) is 0 Å². The van der Waals surface area contributed by atoms with Gasteiger partial charge in [-0.15, -0.1) is 0 Å². The lowest BCUT2D eigenvalue weighted by molar-refractivity contribution is 1.35. The van der Waals surface area contributed by atoms with Gasteiger partial charge in [0, 0.05) is 0 Å². The molecule has 0 amide bonds. The number of rotatable bonds is 1. The summed E-state index contributed by atoms with van der Waals surface area (Å²) in [4.78, 5) is 0. The second-order valence-corrected chi connectivity index (χ2v) is 1.73. The summed E-state index contributed by atoms with van der Waals surface area (Å²) in [6, 6.07) is 0. The van der Waals surface area contributed by atoms with Crippen molar-refractivity contribution in [3.05, 3.63) is 0 Å². The van der Waals surface area contributed by atoms with E-state index in [2.05, 4.69) is 18.5 Å². The van der Waals surface area contributed by atoms with Gasteiger partial charge in [-0.1, -0.05) is 12.3 Å². The van der Waals surface area contributed by atoms with Crippen molar-refractivity contribution in [1.29, 1.82) is 0 Å². The highest BCUT2D eigenvalue weighted by Crippen LogP contribution is 1.72. The maximum absolute atomic E-state index is 2.22. The fourth-order valence-corrected chi connectivity index (χ4v) is 0.548. The molecular weight excluding hydrogens is 80.1 g/mol. The van der Waals surface area contributed by atoms with Gasteiger partial charge in [-0.3, -0.25) is 0 Å². The lowest BCUT2D eigenvalue weighted by atomic mass is 10.6. The third-order valence-electron chi connectivity index (χ3n) is 0.365. The molecule has 0 rings (SSSR count). The monoisotopic (exact) mass is 90.1 g/mol. The molecule has 0 heterocycles. The molecule has 32 valence electrons. The van der Waals surface area contributed by atoms with E-state index in [0.29, 0.717) is 0 Å². The van der Waals surface area contributed by atoms with E-state index in [1.807, 2.05) is 0 Å². The fourth-order valence-electron chi connectivity index (χ4n) is 0.183. The van der Waals surface area contributed by atoms with Gasteiger partial charge in [0.15, 0.2) is 0 Å². The molecule has 0 fully saturated rings. The standard InChI is InChI=1S/C4H10S/c1-3-4-5-2/h4-5H,3H2,1-2H3. The highest BCUT2D eigenvalue weighted by Gasteiger charge is 1.51. The maximum atomic E-state index is 2.22. The number of hydrogen-bond acceptors (Lipinski definition) is 0. The molecule has 0 saturated carbocycles. The molecule has 0 aromatic heterocycles. The molecule has 0 radical (unpaired) electrons. The van der Waals surface area contributed by atoms with E-state index < -0.39 is 0 Å². The Labute approximate surface area is 37.2 Å². The first-order chi connectivity index (χ1) is 2.41. The second kappa shape index (κ2) is 4.22. The van der Waals surface area contributed by atoms with Gasteiger partial charge in [-0.05, 0) is 12.7 Å². The molecule has 5 heavy (non-hydrogen) atoms. The number of thiol groups is 1. The molecule has 0 aromatic carbocycles. The normalized spacial score (nSPS) is 11.6.